The number of aromatic nitrogens is 1. The van der Waals surface area contributed by atoms with Crippen LogP contribution in [-0.4, -0.2) is 28.6 Å². The SMILES string of the molecule is CC(C(=O)N1CCc2c([nH]c3ccccc23)C1)c1ccc(C=O)cc1. The molecular formula is C21H20N2O2. The van der Waals surface area contributed by atoms with Crippen molar-refractivity contribution in [3.8, 4) is 0 Å². The molecule has 0 radical (unpaired) electrons. The van der Waals surface area contributed by atoms with Gasteiger partial charge in [0.1, 0.15) is 6.29 Å². The molecule has 4 nitrogen and oxygen atoms in total. The fraction of sp³-hybridized carbons (Fsp3) is 0.238. The minimum atomic E-state index is -0.216. The first-order valence-electron chi connectivity index (χ1n) is 8.60. The van der Waals surface area contributed by atoms with E-state index in [9.17, 15) is 9.59 Å². The van der Waals surface area contributed by atoms with Gasteiger partial charge in [0.15, 0.2) is 0 Å². The van der Waals surface area contributed by atoms with Gasteiger partial charge in [0, 0.05) is 28.7 Å². The third-order valence-electron chi connectivity index (χ3n) is 5.14. The van der Waals surface area contributed by atoms with Crippen LogP contribution in [0.1, 0.15) is 40.0 Å². The summed E-state index contributed by atoms with van der Waals surface area (Å²) in [5.41, 5.74) is 5.19. The lowest BCUT2D eigenvalue weighted by Gasteiger charge is -2.29. The van der Waals surface area contributed by atoms with Gasteiger partial charge in [-0.1, -0.05) is 42.5 Å². The summed E-state index contributed by atoms with van der Waals surface area (Å²) >= 11 is 0. The summed E-state index contributed by atoms with van der Waals surface area (Å²) in [6, 6.07) is 15.6. The number of carbonyl (C=O) groups excluding carboxylic acids is 2. The Morgan fingerprint density at radius 3 is 2.68 bits per heavy atom. The Hall–Kier alpha value is -2.88. The summed E-state index contributed by atoms with van der Waals surface area (Å²) < 4.78 is 0. The highest BCUT2D eigenvalue weighted by molar-refractivity contribution is 5.87. The zero-order chi connectivity index (χ0) is 17.4. The maximum absolute atomic E-state index is 12.9. The normalized spacial score (nSPS) is 15.0. The molecule has 0 spiro atoms. The summed E-state index contributed by atoms with van der Waals surface area (Å²) in [4.78, 5) is 29.1. The Morgan fingerprint density at radius 1 is 1.16 bits per heavy atom. The molecule has 1 N–H and O–H groups in total. The Balaban J connectivity index is 1.55. The van der Waals surface area contributed by atoms with Crippen LogP contribution >= 0.6 is 0 Å². The molecule has 0 aliphatic carbocycles. The summed E-state index contributed by atoms with van der Waals surface area (Å²) in [5, 5.41) is 1.27. The van der Waals surface area contributed by atoms with Gasteiger partial charge in [-0.3, -0.25) is 9.59 Å². The van der Waals surface area contributed by atoms with E-state index in [4.69, 9.17) is 0 Å². The lowest BCUT2D eigenvalue weighted by molar-refractivity contribution is -0.133. The van der Waals surface area contributed by atoms with E-state index in [1.165, 1.54) is 10.9 Å². The molecule has 4 heteroatoms. The van der Waals surface area contributed by atoms with Crippen LogP contribution < -0.4 is 0 Å². The van der Waals surface area contributed by atoms with Gasteiger partial charge in [-0.25, -0.2) is 0 Å². The Morgan fingerprint density at radius 2 is 1.92 bits per heavy atom. The van der Waals surface area contributed by atoms with E-state index in [2.05, 4.69) is 23.2 Å². The third-order valence-corrected chi connectivity index (χ3v) is 5.14. The minimum Gasteiger partial charge on any atom is -0.357 e. The third kappa shape index (κ3) is 2.74. The number of aromatic amines is 1. The quantitative estimate of drug-likeness (QED) is 0.744. The number of hydrogen-bond acceptors (Lipinski definition) is 2. The second kappa shape index (κ2) is 6.20. The zero-order valence-corrected chi connectivity index (χ0v) is 14.2. The van der Waals surface area contributed by atoms with E-state index in [1.807, 2.05) is 30.0 Å². The summed E-state index contributed by atoms with van der Waals surface area (Å²) in [6.45, 7) is 3.29. The number of aldehydes is 1. The number of amides is 1. The number of carbonyl (C=O) groups is 2. The van der Waals surface area contributed by atoms with Crippen LogP contribution in [0.4, 0.5) is 0 Å². The number of para-hydroxylation sites is 1. The number of rotatable bonds is 3. The molecule has 0 saturated carbocycles. The maximum Gasteiger partial charge on any atom is 0.230 e. The smallest absolute Gasteiger partial charge is 0.230 e. The van der Waals surface area contributed by atoms with Crippen molar-refractivity contribution in [3.63, 3.8) is 0 Å². The van der Waals surface area contributed by atoms with Gasteiger partial charge in [-0.05, 0) is 30.5 Å². The summed E-state index contributed by atoms with van der Waals surface area (Å²) in [6.07, 6.45) is 1.69. The summed E-state index contributed by atoms with van der Waals surface area (Å²) in [7, 11) is 0. The number of H-pyrrole nitrogens is 1. The fourth-order valence-corrected chi connectivity index (χ4v) is 3.66. The van der Waals surface area contributed by atoms with E-state index >= 15 is 0 Å². The number of fused-ring (bicyclic) bond motifs is 3. The first-order valence-corrected chi connectivity index (χ1v) is 8.60. The van der Waals surface area contributed by atoms with Crippen LogP contribution in [0.25, 0.3) is 10.9 Å². The van der Waals surface area contributed by atoms with Crippen molar-refractivity contribution < 1.29 is 9.59 Å². The van der Waals surface area contributed by atoms with E-state index in [-0.39, 0.29) is 11.8 Å². The van der Waals surface area contributed by atoms with Gasteiger partial charge in [0.25, 0.3) is 0 Å². The maximum atomic E-state index is 12.9. The standard InChI is InChI=1S/C21H20N2O2/c1-14(16-8-6-15(13-24)7-9-16)21(25)23-11-10-18-17-4-2-3-5-19(17)22-20(18)12-23/h2-9,13-14,22H,10-12H2,1H3. The van der Waals surface area contributed by atoms with E-state index < -0.39 is 0 Å². The number of hydrogen-bond donors (Lipinski definition) is 1. The molecule has 0 fully saturated rings. The minimum absolute atomic E-state index is 0.128. The zero-order valence-electron chi connectivity index (χ0n) is 14.2. The summed E-state index contributed by atoms with van der Waals surface area (Å²) in [5.74, 6) is -0.0882. The second-order valence-corrected chi connectivity index (χ2v) is 6.64. The molecule has 3 aromatic rings. The molecule has 1 amide bonds. The Bertz CT molecular complexity index is 940. The second-order valence-electron chi connectivity index (χ2n) is 6.64. The average molecular weight is 332 g/mol. The van der Waals surface area contributed by atoms with Crippen LogP contribution in [-0.2, 0) is 17.8 Å². The van der Waals surface area contributed by atoms with Crippen LogP contribution in [0.15, 0.2) is 48.5 Å². The molecule has 1 unspecified atom stereocenters. The first-order chi connectivity index (χ1) is 12.2. The Kier molecular flexibility index (Phi) is 3.88. The molecule has 0 bridgehead atoms. The topological polar surface area (TPSA) is 53.2 Å². The van der Waals surface area contributed by atoms with Gasteiger partial charge in [0.2, 0.25) is 5.91 Å². The van der Waals surface area contributed by atoms with Gasteiger partial charge >= 0.3 is 0 Å². The average Bonchev–Trinajstić information content (AvgIpc) is 3.04. The lowest BCUT2D eigenvalue weighted by Crippen LogP contribution is -2.38. The highest BCUT2D eigenvalue weighted by atomic mass is 16.2. The van der Waals surface area contributed by atoms with Crippen LogP contribution in [0.2, 0.25) is 0 Å². The predicted octanol–water partition coefficient (Wildman–Crippen LogP) is 3.67. The van der Waals surface area contributed by atoms with Crippen molar-refractivity contribution in [1.82, 2.24) is 9.88 Å². The number of benzene rings is 2. The molecule has 1 atom stereocenters. The van der Waals surface area contributed by atoms with Crippen molar-refractivity contribution >= 4 is 23.1 Å². The number of nitrogens with one attached hydrogen (secondary N) is 1. The highest BCUT2D eigenvalue weighted by Crippen LogP contribution is 2.29. The molecule has 0 saturated heterocycles. The van der Waals surface area contributed by atoms with Crippen LogP contribution in [0.3, 0.4) is 0 Å². The fourth-order valence-electron chi connectivity index (χ4n) is 3.66. The van der Waals surface area contributed by atoms with Crippen molar-refractivity contribution in [1.29, 1.82) is 0 Å². The highest BCUT2D eigenvalue weighted by Gasteiger charge is 2.27. The van der Waals surface area contributed by atoms with Crippen molar-refractivity contribution in [2.75, 3.05) is 6.54 Å². The van der Waals surface area contributed by atoms with Gasteiger partial charge < -0.3 is 9.88 Å². The number of nitrogens with zero attached hydrogens (tertiary/aromatic N) is 1. The molecule has 25 heavy (non-hydrogen) atoms. The van der Waals surface area contributed by atoms with Crippen molar-refractivity contribution in [3.05, 3.63) is 70.9 Å². The molecule has 1 aliphatic rings. The monoisotopic (exact) mass is 332 g/mol. The predicted molar refractivity (Wildman–Crippen MR) is 97.7 cm³/mol. The first kappa shape index (κ1) is 15.6. The Labute approximate surface area is 146 Å². The molecule has 2 heterocycles. The van der Waals surface area contributed by atoms with E-state index in [1.54, 1.807) is 12.1 Å². The van der Waals surface area contributed by atoms with Gasteiger partial charge in [-0.15, -0.1) is 0 Å². The molecule has 2 aromatic carbocycles. The molecule has 126 valence electrons. The largest absolute Gasteiger partial charge is 0.357 e. The van der Waals surface area contributed by atoms with E-state index in [0.29, 0.717) is 12.1 Å². The van der Waals surface area contributed by atoms with E-state index in [0.717, 1.165) is 36.0 Å². The van der Waals surface area contributed by atoms with Gasteiger partial charge in [0.05, 0.1) is 12.5 Å². The van der Waals surface area contributed by atoms with Crippen molar-refractivity contribution in [2.24, 2.45) is 0 Å². The molecule has 1 aromatic heterocycles. The van der Waals surface area contributed by atoms with Crippen molar-refractivity contribution in [2.45, 2.75) is 25.8 Å². The van der Waals surface area contributed by atoms with Crippen LogP contribution in [0.5, 0.6) is 0 Å². The van der Waals surface area contributed by atoms with Crippen LogP contribution in [0, 0.1) is 0 Å². The molecule has 4 rings (SSSR count). The molecule has 1 aliphatic heterocycles. The molecular weight excluding hydrogens is 312 g/mol. The van der Waals surface area contributed by atoms with Gasteiger partial charge in [-0.2, -0.15) is 0 Å². The lowest BCUT2D eigenvalue weighted by atomic mass is 9.96.